The lowest BCUT2D eigenvalue weighted by molar-refractivity contribution is -0.136. The van der Waals surface area contributed by atoms with Crippen molar-refractivity contribution in [1.82, 2.24) is 20.0 Å². The third kappa shape index (κ3) is 5.30. The molecule has 9 nitrogen and oxygen atoms in total. The lowest BCUT2D eigenvalue weighted by Crippen LogP contribution is -2.43. The molecule has 0 aliphatic heterocycles. The minimum absolute atomic E-state index is 0.100. The second-order valence-corrected chi connectivity index (χ2v) is 7.47. The summed E-state index contributed by atoms with van der Waals surface area (Å²) in [5.74, 6) is -1.66. The van der Waals surface area contributed by atoms with E-state index in [1.54, 1.807) is 49.4 Å². The Hall–Kier alpha value is -3.72. The zero-order valence-corrected chi connectivity index (χ0v) is 18.1. The number of carbonyl (C=O) groups is 3. The van der Waals surface area contributed by atoms with E-state index in [0.717, 1.165) is 10.2 Å². The first-order valence-electron chi connectivity index (χ1n) is 9.88. The predicted octanol–water partition coefficient (Wildman–Crippen LogP) is 1.31. The van der Waals surface area contributed by atoms with Crippen molar-refractivity contribution in [3.05, 3.63) is 75.2 Å². The molecule has 0 atom stereocenters. The Morgan fingerprint density at radius 2 is 1.75 bits per heavy atom. The fourth-order valence-electron chi connectivity index (χ4n) is 3.16. The first kappa shape index (κ1) is 23.0. The van der Waals surface area contributed by atoms with Crippen LogP contribution in [0.2, 0.25) is 5.02 Å². The minimum Gasteiger partial charge on any atom is -0.364 e. The molecule has 0 radical (unpaired) electrons. The number of amides is 3. The summed E-state index contributed by atoms with van der Waals surface area (Å²) in [7, 11) is 0. The van der Waals surface area contributed by atoms with Crippen LogP contribution in [0.5, 0.6) is 0 Å². The van der Waals surface area contributed by atoms with E-state index in [9.17, 15) is 19.2 Å². The molecule has 1 aromatic heterocycles. The molecular formula is C22H22ClN5O4. The maximum Gasteiger partial charge on any atom is 0.275 e. The van der Waals surface area contributed by atoms with E-state index in [0.29, 0.717) is 10.4 Å². The molecule has 1 heterocycles. The van der Waals surface area contributed by atoms with Gasteiger partial charge in [-0.1, -0.05) is 41.9 Å². The summed E-state index contributed by atoms with van der Waals surface area (Å²) in [6.07, 6.45) is 0. The van der Waals surface area contributed by atoms with Gasteiger partial charge in [0.25, 0.3) is 11.5 Å². The molecule has 0 spiro atoms. The molecule has 0 aliphatic carbocycles. The molecular weight excluding hydrogens is 434 g/mol. The van der Waals surface area contributed by atoms with Crippen molar-refractivity contribution in [2.24, 2.45) is 5.73 Å². The zero-order chi connectivity index (χ0) is 23.3. The van der Waals surface area contributed by atoms with Crippen molar-refractivity contribution in [3.63, 3.8) is 0 Å². The van der Waals surface area contributed by atoms with Crippen LogP contribution >= 0.6 is 11.6 Å². The van der Waals surface area contributed by atoms with E-state index in [2.05, 4.69) is 10.4 Å². The Kier molecular flexibility index (Phi) is 7.21. The molecule has 166 valence electrons. The van der Waals surface area contributed by atoms with Crippen LogP contribution in [0, 0.1) is 0 Å². The van der Waals surface area contributed by atoms with E-state index < -0.39 is 23.9 Å². The fraction of sp³-hybridized carbons (Fsp3) is 0.227. The summed E-state index contributed by atoms with van der Waals surface area (Å²) >= 11 is 5.85. The Bertz CT molecular complexity index is 1220. The van der Waals surface area contributed by atoms with Gasteiger partial charge in [-0.3, -0.25) is 19.2 Å². The highest BCUT2D eigenvalue weighted by Crippen LogP contribution is 2.13. The largest absolute Gasteiger partial charge is 0.364 e. The predicted molar refractivity (Wildman–Crippen MR) is 120 cm³/mol. The molecule has 3 rings (SSSR count). The number of likely N-dealkylation sites (N-methyl/N-ethyl adjacent to an activating group) is 1. The Labute approximate surface area is 188 Å². The normalized spacial score (nSPS) is 10.7. The summed E-state index contributed by atoms with van der Waals surface area (Å²) in [6, 6.07) is 13.4. The van der Waals surface area contributed by atoms with Crippen molar-refractivity contribution >= 4 is 40.1 Å². The maximum atomic E-state index is 12.8. The third-order valence-electron chi connectivity index (χ3n) is 4.86. The fourth-order valence-corrected chi connectivity index (χ4v) is 3.29. The summed E-state index contributed by atoms with van der Waals surface area (Å²) in [5, 5.41) is 7.88. The number of fused-ring (bicyclic) bond motifs is 1. The molecule has 0 aliphatic rings. The molecule has 0 unspecified atom stereocenters. The number of carbonyl (C=O) groups excluding carboxylic acids is 3. The SMILES string of the molecule is CCN(CC(=O)NCc1ccc(Cl)cc1)C(=O)Cn1nc(C(N)=O)c2ccccc2c1=O. The molecule has 2 aromatic carbocycles. The number of nitrogens with two attached hydrogens (primary N) is 1. The third-order valence-corrected chi connectivity index (χ3v) is 5.11. The van der Waals surface area contributed by atoms with Gasteiger partial charge in [-0.2, -0.15) is 5.10 Å². The van der Waals surface area contributed by atoms with Gasteiger partial charge in [0.2, 0.25) is 11.8 Å². The molecule has 3 aromatic rings. The summed E-state index contributed by atoms with van der Waals surface area (Å²) in [6.45, 7) is 1.64. The Balaban J connectivity index is 1.72. The monoisotopic (exact) mass is 455 g/mol. The number of nitrogens with zero attached hydrogens (tertiary/aromatic N) is 3. The molecule has 10 heteroatoms. The van der Waals surface area contributed by atoms with Gasteiger partial charge in [-0.25, -0.2) is 4.68 Å². The number of nitrogens with one attached hydrogen (secondary N) is 1. The smallest absolute Gasteiger partial charge is 0.275 e. The van der Waals surface area contributed by atoms with Crippen LogP contribution in [0.1, 0.15) is 23.0 Å². The van der Waals surface area contributed by atoms with E-state index in [-0.39, 0.29) is 36.6 Å². The van der Waals surface area contributed by atoms with E-state index in [1.165, 1.54) is 11.0 Å². The molecule has 32 heavy (non-hydrogen) atoms. The van der Waals surface area contributed by atoms with Crippen molar-refractivity contribution in [3.8, 4) is 0 Å². The molecule has 0 saturated heterocycles. The topological polar surface area (TPSA) is 127 Å². The van der Waals surface area contributed by atoms with Crippen molar-refractivity contribution in [2.45, 2.75) is 20.0 Å². The van der Waals surface area contributed by atoms with Gasteiger partial charge in [0.15, 0.2) is 5.69 Å². The highest BCUT2D eigenvalue weighted by molar-refractivity contribution is 6.30. The Morgan fingerprint density at radius 1 is 1.09 bits per heavy atom. The summed E-state index contributed by atoms with van der Waals surface area (Å²) in [5.41, 5.74) is 5.64. The molecule has 3 N–H and O–H groups in total. The van der Waals surface area contributed by atoms with Gasteiger partial charge < -0.3 is 16.0 Å². The van der Waals surface area contributed by atoms with Crippen LogP contribution in [0.4, 0.5) is 0 Å². The van der Waals surface area contributed by atoms with E-state index in [4.69, 9.17) is 17.3 Å². The lowest BCUT2D eigenvalue weighted by atomic mass is 10.1. The van der Waals surface area contributed by atoms with Crippen LogP contribution in [-0.4, -0.2) is 45.5 Å². The average molecular weight is 456 g/mol. The van der Waals surface area contributed by atoms with Crippen LogP contribution < -0.4 is 16.6 Å². The average Bonchev–Trinajstić information content (AvgIpc) is 2.78. The quantitative estimate of drug-likeness (QED) is 0.529. The van der Waals surface area contributed by atoms with Gasteiger partial charge in [-0.15, -0.1) is 0 Å². The number of aromatic nitrogens is 2. The highest BCUT2D eigenvalue weighted by Gasteiger charge is 2.20. The number of rotatable bonds is 8. The number of benzene rings is 2. The molecule has 3 amide bonds. The van der Waals surface area contributed by atoms with E-state index in [1.807, 2.05) is 0 Å². The molecule has 0 saturated carbocycles. The highest BCUT2D eigenvalue weighted by atomic mass is 35.5. The molecule has 0 fully saturated rings. The minimum atomic E-state index is -0.809. The van der Waals surface area contributed by atoms with Gasteiger partial charge in [0.1, 0.15) is 6.54 Å². The van der Waals surface area contributed by atoms with Crippen LogP contribution in [0.25, 0.3) is 10.8 Å². The van der Waals surface area contributed by atoms with Crippen molar-refractivity contribution in [2.75, 3.05) is 13.1 Å². The zero-order valence-electron chi connectivity index (χ0n) is 17.4. The van der Waals surface area contributed by atoms with Crippen molar-refractivity contribution in [1.29, 1.82) is 0 Å². The van der Waals surface area contributed by atoms with Crippen molar-refractivity contribution < 1.29 is 14.4 Å². The van der Waals surface area contributed by atoms with Crippen LogP contribution in [0.15, 0.2) is 53.3 Å². The number of hydrogen-bond donors (Lipinski definition) is 2. The van der Waals surface area contributed by atoms with Crippen LogP contribution in [-0.2, 0) is 22.7 Å². The second kappa shape index (κ2) is 10.1. The molecule has 0 bridgehead atoms. The van der Waals surface area contributed by atoms with E-state index >= 15 is 0 Å². The van der Waals surface area contributed by atoms with Gasteiger partial charge in [-0.05, 0) is 30.7 Å². The Morgan fingerprint density at radius 3 is 2.38 bits per heavy atom. The maximum absolute atomic E-state index is 12.8. The summed E-state index contributed by atoms with van der Waals surface area (Å²) in [4.78, 5) is 50.9. The van der Waals surface area contributed by atoms with Crippen LogP contribution in [0.3, 0.4) is 0 Å². The lowest BCUT2D eigenvalue weighted by Gasteiger charge is -2.21. The van der Waals surface area contributed by atoms with Gasteiger partial charge in [0, 0.05) is 23.5 Å². The second-order valence-electron chi connectivity index (χ2n) is 7.03. The van der Waals surface area contributed by atoms with Gasteiger partial charge >= 0.3 is 0 Å². The van der Waals surface area contributed by atoms with Gasteiger partial charge in [0.05, 0.1) is 11.9 Å². The number of hydrogen-bond acceptors (Lipinski definition) is 5. The number of primary amides is 1. The first-order valence-corrected chi connectivity index (χ1v) is 10.3. The number of halogens is 1. The standard InChI is InChI=1S/C22H22ClN5O4/c1-2-27(12-18(29)25-11-14-7-9-15(23)10-8-14)19(30)13-28-22(32)17-6-4-3-5-16(17)20(26-28)21(24)31/h3-10H,2,11-13H2,1H3,(H2,24,31)(H,25,29). The summed E-state index contributed by atoms with van der Waals surface area (Å²) < 4.78 is 0.902. The first-order chi connectivity index (χ1) is 15.3.